The summed E-state index contributed by atoms with van der Waals surface area (Å²) in [5.41, 5.74) is 1.08. The van der Waals surface area contributed by atoms with Crippen LogP contribution in [-0.4, -0.2) is 105 Å². The van der Waals surface area contributed by atoms with E-state index in [9.17, 15) is 24.3 Å². The summed E-state index contributed by atoms with van der Waals surface area (Å²) in [6.07, 6.45) is 2.71. The number of carbonyl (C=O) groups is 4. The van der Waals surface area contributed by atoms with Crippen LogP contribution in [0.3, 0.4) is 0 Å². The second-order valence-electron chi connectivity index (χ2n) is 8.52. The molecule has 0 aromatic carbocycles. The van der Waals surface area contributed by atoms with E-state index in [4.69, 9.17) is 0 Å². The Morgan fingerprint density at radius 1 is 1.28 bits per heavy atom. The topological polar surface area (TPSA) is 98.2 Å². The van der Waals surface area contributed by atoms with Gasteiger partial charge >= 0.3 is 35.5 Å². The van der Waals surface area contributed by atoms with Crippen molar-refractivity contribution in [1.82, 2.24) is 14.7 Å². The third-order valence-electron chi connectivity index (χ3n) is 6.14. The molecule has 1 N–H and O–H groups in total. The van der Waals surface area contributed by atoms with Crippen LogP contribution in [0.15, 0.2) is 22.9 Å². The third-order valence-corrected chi connectivity index (χ3v) is 6.14. The van der Waals surface area contributed by atoms with Gasteiger partial charge in [-0.2, -0.15) is 0 Å². The Balaban J connectivity index is 0.00000240. The molecule has 9 heteroatoms. The van der Waals surface area contributed by atoms with E-state index >= 15 is 0 Å². The Morgan fingerprint density at radius 2 is 1.97 bits per heavy atom. The molecule has 0 radical (unpaired) electrons. The van der Waals surface area contributed by atoms with Gasteiger partial charge in [0.15, 0.2) is 0 Å². The second-order valence-corrected chi connectivity index (χ2v) is 8.52. The average molecular weight is 411 g/mol. The van der Waals surface area contributed by atoms with E-state index in [0.29, 0.717) is 49.5 Å². The molecule has 0 aromatic rings. The molecule has 0 spiro atoms. The predicted molar refractivity (Wildman–Crippen MR) is 106 cm³/mol. The number of allylic oxidation sites excluding steroid dienone is 2. The fourth-order valence-electron chi connectivity index (χ4n) is 5.05. The molecule has 3 saturated heterocycles. The van der Waals surface area contributed by atoms with Crippen LogP contribution in [0.5, 0.6) is 0 Å². The van der Waals surface area contributed by atoms with E-state index in [2.05, 4.69) is 0 Å². The SMILES string of the molecule is CC(=O)N1C[C@H]2CC(/C=C3\CCN(CC(C)C)C3=O)=C(C(=O)O)N3C(=O)[C@@H]1[C@@H]23.[NaH]. The van der Waals surface area contributed by atoms with Crippen molar-refractivity contribution < 1.29 is 24.3 Å². The first-order valence-electron chi connectivity index (χ1n) is 9.77. The molecule has 3 atom stereocenters. The van der Waals surface area contributed by atoms with Gasteiger partial charge < -0.3 is 14.9 Å². The number of carbonyl (C=O) groups excluding carboxylic acids is 3. The standard InChI is InChI=1S/C20H25N3O5.Na.H/c1-10(2)8-21-5-4-12(18(21)25)6-13-7-14-9-22(11(3)24)17-15(14)23(19(17)26)16(13)20(27)28;;/h6,10,14-15,17H,4-5,7-9H2,1-3H3,(H,27,28);;/b12-6+;;/t14-,15-,17+;;/m1../s1. The fourth-order valence-corrected chi connectivity index (χ4v) is 5.05. The molecule has 3 fully saturated rings. The van der Waals surface area contributed by atoms with Gasteiger partial charge in [0.2, 0.25) is 11.8 Å². The van der Waals surface area contributed by atoms with Crippen LogP contribution in [0.2, 0.25) is 0 Å². The quantitative estimate of drug-likeness (QED) is 0.398. The van der Waals surface area contributed by atoms with Gasteiger partial charge in [-0.3, -0.25) is 19.3 Å². The molecule has 3 amide bonds. The number of nitrogens with zero attached hydrogens (tertiary/aromatic N) is 3. The molecule has 4 rings (SSSR count). The van der Waals surface area contributed by atoms with Crippen LogP contribution < -0.4 is 0 Å². The molecule has 4 aliphatic rings. The van der Waals surface area contributed by atoms with Crippen molar-refractivity contribution in [2.45, 2.75) is 45.7 Å². The Morgan fingerprint density at radius 3 is 2.55 bits per heavy atom. The third kappa shape index (κ3) is 3.45. The minimum absolute atomic E-state index is 0. The normalized spacial score (nSPS) is 29.4. The summed E-state index contributed by atoms with van der Waals surface area (Å²) in [5.74, 6) is -1.36. The minimum atomic E-state index is -1.16. The predicted octanol–water partition coefficient (Wildman–Crippen LogP) is -0.0473. The van der Waals surface area contributed by atoms with E-state index in [-0.39, 0.29) is 64.9 Å². The molecule has 0 aromatic heterocycles. The van der Waals surface area contributed by atoms with Gasteiger partial charge in [0.05, 0.1) is 6.04 Å². The summed E-state index contributed by atoms with van der Waals surface area (Å²) in [6.45, 7) is 7.28. The van der Waals surface area contributed by atoms with Crippen molar-refractivity contribution >= 4 is 53.2 Å². The number of hydrogen-bond donors (Lipinski definition) is 1. The summed E-state index contributed by atoms with van der Waals surface area (Å²) >= 11 is 0. The first-order chi connectivity index (χ1) is 13.2. The number of β-lactam (4-membered cyclic amide) rings is 1. The molecular weight excluding hydrogens is 385 g/mol. The molecular formula is C20H26N3NaO5. The first kappa shape index (κ1) is 22.1. The number of amides is 3. The van der Waals surface area contributed by atoms with Crippen molar-refractivity contribution in [3.63, 3.8) is 0 Å². The zero-order chi connectivity index (χ0) is 20.3. The summed E-state index contributed by atoms with van der Waals surface area (Å²) in [4.78, 5) is 53.8. The number of hydrogen-bond acceptors (Lipinski definition) is 4. The van der Waals surface area contributed by atoms with Crippen LogP contribution in [0.25, 0.3) is 0 Å². The van der Waals surface area contributed by atoms with Crippen molar-refractivity contribution in [2.75, 3.05) is 19.6 Å². The van der Waals surface area contributed by atoms with Crippen LogP contribution in [-0.2, 0) is 19.2 Å². The van der Waals surface area contributed by atoms with E-state index in [0.717, 1.165) is 0 Å². The Hall–Kier alpha value is -1.64. The number of carboxylic acid groups (broad SMARTS) is 1. The summed E-state index contributed by atoms with van der Waals surface area (Å²) in [5, 5.41) is 9.77. The zero-order valence-corrected chi connectivity index (χ0v) is 16.3. The van der Waals surface area contributed by atoms with Crippen LogP contribution in [0.4, 0.5) is 0 Å². The Kier molecular flexibility index (Phi) is 6.00. The molecule has 0 unspecified atom stereocenters. The fraction of sp³-hybridized carbons (Fsp3) is 0.600. The van der Waals surface area contributed by atoms with Gasteiger partial charge in [0.1, 0.15) is 11.7 Å². The van der Waals surface area contributed by atoms with Gasteiger partial charge in [-0.25, -0.2) is 4.79 Å². The van der Waals surface area contributed by atoms with Crippen molar-refractivity contribution in [2.24, 2.45) is 11.8 Å². The molecule has 4 aliphatic heterocycles. The van der Waals surface area contributed by atoms with Crippen LogP contribution in [0.1, 0.15) is 33.6 Å². The summed E-state index contributed by atoms with van der Waals surface area (Å²) in [7, 11) is 0. The van der Waals surface area contributed by atoms with Crippen molar-refractivity contribution in [3.8, 4) is 0 Å². The van der Waals surface area contributed by atoms with Gasteiger partial charge in [0.25, 0.3) is 5.91 Å². The number of aliphatic carboxylic acids is 1. The number of likely N-dealkylation sites (tertiary alicyclic amines) is 2. The van der Waals surface area contributed by atoms with Gasteiger partial charge in [0, 0.05) is 38.0 Å². The van der Waals surface area contributed by atoms with Gasteiger partial charge in [-0.1, -0.05) is 13.8 Å². The van der Waals surface area contributed by atoms with E-state index in [1.54, 1.807) is 15.9 Å². The average Bonchev–Trinajstić information content (AvgIpc) is 3.13. The molecule has 0 saturated carbocycles. The van der Waals surface area contributed by atoms with Gasteiger partial charge in [-0.05, 0) is 30.4 Å². The molecule has 0 aliphatic carbocycles. The maximum absolute atomic E-state index is 12.7. The van der Waals surface area contributed by atoms with E-state index in [1.807, 2.05) is 13.8 Å². The zero-order valence-electron chi connectivity index (χ0n) is 16.3. The molecule has 4 heterocycles. The first-order valence-corrected chi connectivity index (χ1v) is 9.77. The molecule has 8 nitrogen and oxygen atoms in total. The maximum atomic E-state index is 12.7. The number of rotatable bonds is 4. The molecule has 29 heavy (non-hydrogen) atoms. The second kappa shape index (κ2) is 7.89. The Labute approximate surface area is 191 Å². The van der Waals surface area contributed by atoms with E-state index < -0.39 is 12.0 Å². The summed E-state index contributed by atoms with van der Waals surface area (Å²) < 4.78 is 0. The van der Waals surface area contributed by atoms with Crippen LogP contribution in [0, 0.1) is 11.8 Å². The van der Waals surface area contributed by atoms with Gasteiger partial charge in [-0.15, -0.1) is 0 Å². The molecule has 152 valence electrons. The monoisotopic (exact) mass is 411 g/mol. The Bertz CT molecular complexity index is 849. The summed E-state index contributed by atoms with van der Waals surface area (Å²) in [6, 6.07) is -0.804. The molecule has 0 bridgehead atoms. The van der Waals surface area contributed by atoms with Crippen molar-refractivity contribution in [1.29, 1.82) is 0 Å². The van der Waals surface area contributed by atoms with Crippen molar-refractivity contribution in [3.05, 3.63) is 22.9 Å². The van der Waals surface area contributed by atoms with E-state index in [1.165, 1.54) is 11.8 Å². The number of carboxylic acids is 1. The van der Waals surface area contributed by atoms with Crippen LogP contribution >= 0.6 is 0 Å².